The van der Waals surface area contributed by atoms with Crippen molar-refractivity contribution >= 4 is 5.91 Å². The summed E-state index contributed by atoms with van der Waals surface area (Å²) < 4.78 is 0. The highest BCUT2D eigenvalue weighted by atomic mass is 16.1. The third kappa shape index (κ3) is 5.50. The second-order valence-corrected chi connectivity index (χ2v) is 5.31. The number of carbonyl (C=O) groups excluding carboxylic acids is 1. The van der Waals surface area contributed by atoms with E-state index < -0.39 is 0 Å². The van der Waals surface area contributed by atoms with Crippen LogP contribution in [0.1, 0.15) is 33.1 Å². The molecule has 17 heavy (non-hydrogen) atoms. The molecule has 3 N–H and O–H groups in total. The van der Waals surface area contributed by atoms with Crippen LogP contribution in [0.5, 0.6) is 0 Å². The Kier molecular flexibility index (Phi) is 6.52. The van der Waals surface area contributed by atoms with Gasteiger partial charge in [0.05, 0.1) is 5.92 Å². The first-order chi connectivity index (χ1) is 8.13. The van der Waals surface area contributed by atoms with Gasteiger partial charge in [-0.1, -0.05) is 13.8 Å². The van der Waals surface area contributed by atoms with Crippen molar-refractivity contribution in [1.29, 1.82) is 0 Å². The van der Waals surface area contributed by atoms with Gasteiger partial charge < -0.3 is 16.0 Å². The van der Waals surface area contributed by atoms with E-state index in [1.807, 2.05) is 0 Å². The first kappa shape index (κ1) is 14.5. The zero-order valence-corrected chi connectivity index (χ0v) is 11.2. The van der Waals surface area contributed by atoms with E-state index in [4.69, 9.17) is 5.73 Å². The van der Waals surface area contributed by atoms with Crippen molar-refractivity contribution < 1.29 is 4.79 Å². The molecule has 100 valence electrons. The highest BCUT2D eigenvalue weighted by Gasteiger charge is 2.24. The van der Waals surface area contributed by atoms with Crippen LogP contribution in [-0.4, -0.2) is 43.5 Å². The number of likely N-dealkylation sites (tertiary alicyclic amines) is 1. The summed E-state index contributed by atoms with van der Waals surface area (Å²) >= 11 is 0. The zero-order chi connectivity index (χ0) is 12.7. The number of primary amides is 1. The fourth-order valence-corrected chi connectivity index (χ4v) is 2.48. The Labute approximate surface area is 105 Å². The van der Waals surface area contributed by atoms with Crippen molar-refractivity contribution in [2.75, 3.05) is 32.7 Å². The Hall–Kier alpha value is -0.610. The summed E-state index contributed by atoms with van der Waals surface area (Å²) in [7, 11) is 0. The molecule has 1 saturated heterocycles. The van der Waals surface area contributed by atoms with Crippen LogP contribution in [0.4, 0.5) is 0 Å². The number of rotatable bonds is 7. The van der Waals surface area contributed by atoms with Gasteiger partial charge >= 0.3 is 0 Å². The predicted molar refractivity (Wildman–Crippen MR) is 70.7 cm³/mol. The van der Waals surface area contributed by atoms with Gasteiger partial charge in [0, 0.05) is 13.1 Å². The lowest BCUT2D eigenvalue weighted by Gasteiger charge is -2.33. The zero-order valence-electron chi connectivity index (χ0n) is 11.2. The quantitative estimate of drug-likeness (QED) is 0.649. The lowest BCUT2D eigenvalue weighted by Crippen LogP contribution is -2.43. The molecule has 0 aromatic rings. The molecule has 0 bridgehead atoms. The first-order valence-electron chi connectivity index (χ1n) is 6.85. The molecule has 0 aliphatic carbocycles. The number of nitrogens with one attached hydrogen (secondary N) is 1. The average molecular weight is 241 g/mol. The fourth-order valence-electron chi connectivity index (χ4n) is 2.48. The lowest BCUT2D eigenvalue weighted by atomic mass is 9.96. The lowest BCUT2D eigenvalue weighted by molar-refractivity contribution is -0.123. The van der Waals surface area contributed by atoms with E-state index in [0.29, 0.717) is 5.92 Å². The van der Waals surface area contributed by atoms with Crippen LogP contribution >= 0.6 is 0 Å². The Morgan fingerprint density at radius 1 is 1.59 bits per heavy atom. The minimum absolute atomic E-state index is 0.0690. The van der Waals surface area contributed by atoms with Gasteiger partial charge in [0.25, 0.3) is 0 Å². The maximum atomic E-state index is 11.2. The van der Waals surface area contributed by atoms with E-state index in [9.17, 15) is 4.79 Å². The number of hydrogen-bond donors (Lipinski definition) is 2. The molecule has 1 aliphatic rings. The molecule has 1 heterocycles. The van der Waals surface area contributed by atoms with E-state index >= 15 is 0 Å². The van der Waals surface area contributed by atoms with E-state index in [-0.39, 0.29) is 11.8 Å². The van der Waals surface area contributed by atoms with Crippen molar-refractivity contribution in [3.05, 3.63) is 0 Å². The van der Waals surface area contributed by atoms with Crippen molar-refractivity contribution in [1.82, 2.24) is 10.2 Å². The Morgan fingerprint density at radius 2 is 2.35 bits per heavy atom. The summed E-state index contributed by atoms with van der Waals surface area (Å²) in [4.78, 5) is 13.6. The monoisotopic (exact) mass is 241 g/mol. The first-order valence-corrected chi connectivity index (χ1v) is 6.85. The third-order valence-electron chi connectivity index (χ3n) is 3.40. The van der Waals surface area contributed by atoms with Gasteiger partial charge in [-0.05, 0) is 44.8 Å². The number of piperidine rings is 1. The molecule has 1 rings (SSSR count). The van der Waals surface area contributed by atoms with Crippen molar-refractivity contribution in [3.8, 4) is 0 Å². The summed E-state index contributed by atoms with van der Waals surface area (Å²) in [6.45, 7) is 9.63. The van der Waals surface area contributed by atoms with E-state index in [1.54, 1.807) is 0 Å². The van der Waals surface area contributed by atoms with Crippen LogP contribution in [0, 0.1) is 11.8 Å². The second-order valence-electron chi connectivity index (χ2n) is 5.31. The smallest absolute Gasteiger partial charge is 0.221 e. The molecular formula is C13H27N3O. The van der Waals surface area contributed by atoms with Crippen molar-refractivity contribution in [3.63, 3.8) is 0 Å². The molecule has 1 amide bonds. The molecular weight excluding hydrogens is 214 g/mol. The second kappa shape index (κ2) is 7.67. The van der Waals surface area contributed by atoms with Crippen LogP contribution in [0.15, 0.2) is 0 Å². The van der Waals surface area contributed by atoms with Crippen LogP contribution in [0.3, 0.4) is 0 Å². The molecule has 1 aliphatic heterocycles. The standard InChI is InChI=1S/C13H27N3O/c1-3-6-15-8-11(2)9-16-7-4-5-12(10-16)13(14)17/h11-12,15H,3-10H2,1-2H3,(H2,14,17). The van der Waals surface area contributed by atoms with Gasteiger partial charge in [-0.2, -0.15) is 0 Å². The number of nitrogens with zero attached hydrogens (tertiary/aromatic N) is 1. The van der Waals surface area contributed by atoms with Crippen molar-refractivity contribution in [2.45, 2.75) is 33.1 Å². The number of carbonyl (C=O) groups is 1. The van der Waals surface area contributed by atoms with E-state index in [2.05, 4.69) is 24.1 Å². The molecule has 2 unspecified atom stereocenters. The summed E-state index contributed by atoms with van der Waals surface area (Å²) in [6.07, 6.45) is 3.25. The Balaban J connectivity index is 2.23. The Bertz CT molecular complexity index is 233. The molecule has 0 saturated carbocycles. The van der Waals surface area contributed by atoms with Crippen LogP contribution in [0.2, 0.25) is 0 Å². The van der Waals surface area contributed by atoms with Crippen LogP contribution in [0.25, 0.3) is 0 Å². The SMILES string of the molecule is CCCNCC(C)CN1CCCC(C(N)=O)C1. The largest absolute Gasteiger partial charge is 0.369 e. The minimum Gasteiger partial charge on any atom is -0.369 e. The van der Waals surface area contributed by atoms with Gasteiger partial charge in [-0.15, -0.1) is 0 Å². The van der Waals surface area contributed by atoms with Crippen molar-refractivity contribution in [2.24, 2.45) is 17.6 Å². The highest BCUT2D eigenvalue weighted by molar-refractivity contribution is 5.76. The number of amides is 1. The average Bonchev–Trinajstić information content (AvgIpc) is 2.29. The predicted octanol–water partition coefficient (Wildman–Crippen LogP) is 0.819. The molecule has 0 aromatic heterocycles. The maximum Gasteiger partial charge on any atom is 0.221 e. The van der Waals surface area contributed by atoms with Crippen LogP contribution < -0.4 is 11.1 Å². The molecule has 0 aromatic carbocycles. The van der Waals surface area contributed by atoms with Gasteiger partial charge in [0.1, 0.15) is 0 Å². The summed E-state index contributed by atoms with van der Waals surface area (Å²) in [5.74, 6) is 0.569. The topological polar surface area (TPSA) is 58.4 Å². The molecule has 4 nitrogen and oxygen atoms in total. The summed E-state index contributed by atoms with van der Waals surface area (Å²) in [5, 5.41) is 3.44. The normalized spacial score (nSPS) is 23.5. The summed E-state index contributed by atoms with van der Waals surface area (Å²) in [5.41, 5.74) is 5.38. The van der Waals surface area contributed by atoms with E-state index in [1.165, 1.54) is 6.42 Å². The number of nitrogens with two attached hydrogens (primary N) is 1. The molecule has 2 atom stereocenters. The molecule has 0 radical (unpaired) electrons. The molecule has 4 heteroatoms. The highest BCUT2D eigenvalue weighted by Crippen LogP contribution is 2.16. The molecule has 0 spiro atoms. The van der Waals surface area contributed by atoms with Gasteiger partial charge in [-0.25, -0.2) is 0 Å². The molecule has 1 fully saturated rings. The van der Waals surface area contributed by atoms with Gasteiger partial charge in [-0.3, -0.25) is 4.79 Å². The minimum atomic E-state index is -0.133. The Morgan fingerprint density at radius 3 is 3.00 bits per heavy atom. The number of hydrogen-bond acceptors (Lipinski definition) is 3. The van der Waals surface area contributed by atoms with Gasteiger partial charge in [0.2, 0.25) is 5.91 Å². The van der Waals surface area contributed by atoms with Crippen LogP contribution in [-0.2, 0) is 4.79 Å². The fraction of sp³-hybridized carbons (Fsp3) is 0.923. The van der Waals surface area contributed by atoms with E-state index in [0.717, 1.165) is 45.6 Å². The van der Waals surface area contributed by atoms with Gasteiger partial charge in [0.15, 0.2) is 0 Å². The maximum absolute atomic E-state index is 11.2. The summed E-state index contributed by atoms with van der Waals surface area (Å²) in [6, 6.07) is 0. The third-order valence-corrected chi connectivity index (χ3v) is 3.40.